The maximum atomic E-state index is 11.2. The number of aromatic nitrogens is 1. The Labute approximate surface area is 105 Å². The monoisotopic (exact) mass is 242 g/mol. The molecular weight excluding hydrogens is 228 g/mol. The van der Waals surface area contributed by atoms with Crippen molar-refractivity contribution in [3.05, 3.63) is 30.3 Å². The molecule has 92 valence electrons. The summed E-state index contributed by atoms with van der Waals surface area (Å²) in [5.74, 6) is 1.34. The molecule has 0 aliphatic carbocycles. The number of fused-ring (bicyclic) bond motifs is 1. The van der Waals surface area contributed by atoms with Crippen molar-refractivity contribution in [3.63, 3.8) is 0 Å². The number of carbonyl (C=O) groups is 1. The van der Waals surface area contributed by atoms with Crippen LogP contribution in [0.1, 0.15) is 12.8 Å². The number of hydrogen-bond donors (Lipinski definition) is 1. The van der Waals surface area contributed by atoms with Crippen LogP contribution in [0.4, 0.5) is 5.82 Å². The summed E-state index contributed by atoms with van der Waals surface area (Å²) in [6.07, 6.45) is 1.17. The Morgan fingerprint density at radius 2 is 1.89 bits per heavy atom. The number of piperidine rings is 1. The molecule has 1 fully saturated rings. The fourth-order valence-electron chi connectivity index (χ4n) is 2.28. The molecule has 0 amide bonds. The summed E-state index contributed by atoms with van der Waals surface area (Å²) in [5.41, 5.74) is 0.617. The molecule has 0 unspecified atom stereocenters. The SMILES string of the molecule is O=C1CCN(c2ccc3cccc(O)c3n2)CC1. The van der Waals surface area contributed by atoms with Crippen LogP contribution in [0.5, 0.6) is 5.75 Å². The second-order valence-corrected chi connectivity index (χ2v) is 4.54. The number of pyridine rings is 1. The van der Waals surface area contributed by atoms with E-state index in [4.69, 9.17) is 0 Å². The van der Waals surface area contributed by atoms with Crippen molar-refractivity contribution in [1.29, 1.82) is 0 Å². The van der Waals surface area contributed by atoms with Crippen molar-refractivity contribution in [2.24, 2.45) is 0 Å². The quantitative estimate of drug-likeness (QED) is 0.832. The average Bonchev–Trinajstić information content (AvgIpc) is 2.40. The van der Waals surface area contributed by atoms with Crippen molar-refractivity contribution in [3.8, 4) is 5.75 Å². The van der Waals surface area contributed by atoms with Gasteiger partial charge in [0.2, 0.25) is 0 Å². The van der Waals surface area contributed by atoms with E-state index in [1.807, 2.05) is 18.2 Å². The highest BCUT2D eigenvalue weighted by atomic mass is 16.3. The van der Waals surface area contributed by atoms with Gasteiger partial charge in [0.05, 0.1) is 0 Å². The van der Waals surface area contributed by atoms with Crippen LogP contribution in [-0.2, 0) is 4.79 Å². The first-order valence-corrected chi connectivity index (χ1v) is 6.09. The van der Waals surface area contributed by atoms with Gasteiger partial charge in [-0.25, -0.2) is 4.98 Å². The molecule has 18 heavy (non-hydrogen) atoms. The van der Waals surface area contributed by atoms with E-state index >= 15 is 0 Å². The number of phenolic OH excluding ortho intramolecular Hbond substituents is 1. The van der Waals surface area contributed by atoms with Crippen LogP contribution in [0.2, 0.25) is 0 Å². The molecule has 0 atom stereocenters. The van der Waals surface area contributed by atoms with Gasteiger partial charge >= 0.3 is 0 Å². The Bertz CT molecular complexity index is 600. The Hall–Kier alpha value is -2.10. The van der Waals surface area contributed by atoms with E-state index in [9.17, 15) is 9.90 Å². The number of ketones is 1. The molecule has 1 saturated heterocycles. The number of nitrogens with zero attached hydrogens (tertiary/aromatic N) is 2. The molecule has 2 aromatic rings. The first-order valence-electron chi connectivity index (χ1n) is 6.09. The number of rotatable bonds is 1. The van der Waals surface area contributed by atoms with Gasteiger partial charge in [0.15, 0.2) is 0 Å². The largest absolute Gasteiger partial charge is 0.506 e. The van der Waals surface area contributed by atoms with Gasteiger partial charge in [-0.1, -0.05) is 12.1 Å². The van der Waals surface area contributed by atoms with Crippen LogP contribution in [0.25, 0.3) is 10.9 Å². The fraction of sp³-hybridized carbons (Fsp3) is 0.286. The molecule has 0 saturated carbocycles. The summed E-state index contributed by atoms with van der Waals surface area (Å²) in [4.78, 5) is 17.8. The minimum absolute atomic E-state index is 0.197. The summed E-state index contributed by atoms with van der Waals surface area (Å²) in [6, 6.07) is 9.26. The zero-order chi connectivity index (χ0) is 12.5. The first-order chi connectivity index (χ1) is 8.74. The summed E-state index contributed by atoms with van der Waals surface area (Å²) in [5, 5.41) is 10.7. The predicted octanol–water partition coefficient (Wildman–Crippen LogP) is 2.11. The number of aromatic hydroxyl groups is 1. The standard InChI is InChI=1S/C14H14N2O2/c17-11-6-8-16(9-7-11)13-5-4-10-2-1-3-12(18)14(10)15-13/h1-5,18H,6-9H2. The number of phenols is 1. The second kappa shape index (κ2) is 4.29. The Kier molecular flexibility index (Phi) is 2.63. The highest BCUT2D eigenvalue weighted by Gasteiger charge is 2.17. The van der Waals surface area contributed by atoms with Crippen molar-refractivity contribution in [2.45, 2.75) is 12.8 Å². The molecule has 2 heterocycles. The highest BCUT2D eigenvalue weighted by molar-refractivity contribution is 5.86. The molecule has 1 N–H and O–H groups in total. The lowest BCUT2D eigenvalue weighted by Crippen LogP contribution is -2.34. The predicted molar refractivity (Wildman–Crippen MR) is 69.9 cm³/mol. The third-order valence-electron chi connectivity index (χ3n) is 3.33. The van der Waals surface area contributed by atoms with Gasteiger partial charge in [0.1, 0.15) is 22.9 Å². The van der Waals surface area contributed by atoms with Crippen LogP contribution >= 0.6 is 0 Å². The Morgan fingerprint density at radius 3 is 2.67 bits per heavy atom. The molecule has 4 nitrogen and oxygen atoms in total. The first kappa shape index (κ1) is 11.0. The number of para-hydroxylation sites is 1. The highest BCUT2D eigenvalue weighted by Crippen LogP contribution is 2.26. The number of carbonyl (C=O) groups excluding carboxylic acids is 1. The van der Waals surface area contributed by atoms with Gasteiger partial charge in [-0.05, 0) is 18.2 Å². The van der Waals surface area contributed by atoms with E-state index in [2.05, 4.69) is 9.88 Å². The third-order valence-corrected chi connectivity index (χ3v) is 3.33. The van der Waals surface area contributed by atoms with Crippen molar-refractivity contribution < 1.29 is 9.90 Å². The minimum Gasteiger partial charge on any atom is -0.506 e. The molecule has 1 aromatic carbocycles. The lowest BCUT2D eigenvalue weighted by atomic mass is 10.1. The number of anilines is 1. The van der Waals surface area contributed by atoms with Crippen molar-refractivity contribution in [1.82, 2.24) is 4.98 Å². The van der Waals surface area contributed by atoms with Gasteiger partial charge in [-0.15, -0.1) is 0 Å². The van der Waals surface area contributed by atoms with E-state index in [1.54, 1.807) is 12.1 Å². The van der Waals surface area contributed by atoms with E-state index in [0.29, 0.717) is 37.2 Å². The van der Waals surface area contributed by atoms with E-state index in [-0.39, 0.29) is 5.75 Å². The zero-order valence-electron chi connectivity index (χ0n) is 9.97. The van der Waals surface area contributed by atoms with E-state index < -0.39 is 0 Å². The molecule has 1 aliphatic rings. The normalized spacial score (nSPS) is 16.2. The molecule has 1 aromatic heterocycles. The molecule has 0 radical (unpaired) electrons. The van der Waals surface area contributed by atoms with Crippen LogP contribution in [0.3, 0.4) is 0 Å². The lowest BCUT2D eigenvalue weighted by Gasteiger charge is -2.27. The Morgan fingerprint density at radius 1 is 1.11 bits per heavy atom. The topological polar surface area (TPSA) is 53.4 Å². The molecule has 4 heteroatoms. The summed E-state index contributed by atoms with van der Waals surface area (Å²) in [6.45, 7) is 1.43. The van der Waals surface area contributed by atoms with Crippen LogP contribution in [0.15, 0.2) is 30.3 Å². The van der Waals surface area contributed by atoms with Gasteiger partial charge in [0, 0.05) is 31.3 Å². The molecule has 0 bridgehead atoms. The van der Waals surface area contributed by atoms with Crippen molar-refractivity contribution in [2.75, 3.05) is 18.0 Å². The number of benzene rings is 1. The maximum absolute atomic E-state index is 11.2. The van der Waals surface area contributed by atoms with Gasteiger partial charge in [-0.2, -0.15) is 0 Å². The molecular formula is C14H14N2O2. The summed E-state index contributed by atoms with van der Waals surface area (Å²) in [7, 11) is 0. The number of Topliss-reactive ketones (excluding diaryl/α,β-unsaturated/α-hetero) is 1. The minimum atomic E-state index is 0.197. The average molecular weight is 242 g/mol. The van der Waals surface area contributed by atoms with Crippen LogP contribution < -0.4 is 4.90 Å². The molecule has 1 aliphatic heterocycles. The molecule has 3 rings (SSSR count). The summed E-state index contributed by atoms with van der Waals surface area (Å²) >= 11 is 0. The van der Waals surface area contributed by atoms with E-state index in [1.165, 1.54) is 0 Å². The van der Waals surface area contributed by atoms with Gasteiger partial charge in [-0.3, -0.25) is 4.79 Å². The van der Waals surface area contributed by atoms with Crippen LogP contribution in [0, 0.1) is 0 Å². The zero-order valence-corrected chi connectivity index (χ0v) is 9.97. The van der Waals surface area contributed by atoms with Gasteiger partial charge in [0.25, 0.3) is 0 Å². The maximum Gasteiger partial charge on any atom is 0.141 e. The van der Waals surface area contributed by atoms with Crippen molar-refractivity contribution >= 4 is 22.5 Å². The Balaban J connectivity index is 1.98. The second-order valence-electron chi connectivity index (χ2n) is 4.54. The smallest absolute Gasteiger partial charge is 0.141 e. The van der Waals surface area contributed by atoms with E-state index in [0.717, 1.165) is 11.2 Å². The molecule has 0 spiro atoms. The van der Waals surface area contributed by atoms with Crippen LogP contribution in [-0.4, -0.2) is 29.0 Å². The lowest BCUT2D eigenvalue weighted by molar-refractivity contribution is -0.119. The fourth-order valence-corrected chi connectivity index (χ4v) is 2.28. The third kappa shape index (κ3) is 1.90. The number of hydrogen-bond acceptors (Lipinski definition) is 4. The van der Waals surface area contributed by atoms with Gasteiger partial charge < -0.3 is 10.0 Å². The summed E-state index contributed by atoms with van der Waals surface area (Å²) < 4.78 is 0.